The molecule has 1 saturated carbocycles. The number of pyridine rings is 1. The Hall–Kier alpha value is -2.46. The molecule has 2 aromatic heterocycles. The average Bonchev–Trinajstić information content (AvgIpc) is 2.73. The van der Waals surface area contributed by atoms with Crippen molar-refractivity contribution in [2.45, 2.75) is 50.7 Å². The lowest BCUT2D eigenvalue weighted by Gasteiger charge is -2.24. The van der Waals surface area contributed by atoms with Crippen LogP contribution in [0.4, 0.5) is 13.2 Å². The average molecular weight is 444 g/mol. The van der Waals surface area contributed by atoms with Crippen LogP contribution in [0.1, 0.15) is 59.6 Å². The van der Waals surface area contributed by atoms with Crippen molar-refractivity contribution in [2.75, 3.05) is 6.61 Å². The molecule has 7 nitrogen and oxygen atoms in total. The maximum absolute atomic E-state index is 12.7. The molecule has 2 N–H and O–H groups in total. The highest BCUT2D eigenvalue weighted by atomic mass is 35.5. The minimum Gasteiger partial charge on any atom is -0.468 e. The standard InChI is InChI=1S/C19H21ClF3N5O2/c20-16-7-6-14(26-27-16)10-28(24)18(29)13-8-15(12-4-2-1-3-5-12)17(25-9-13)30-11-19(21,22)23/h6-9,12H,1-5,10-11,24H2. The van der Waals surface area contributed by atoms with Gasteiger partial charge in [0.25, 0.3) is 5.91 Å². The molecule has 1 aliphatic carbocycles. The summed E-state index contributed by atoms with van der Waals surface area (Å²) in [5.41, 5.74) is 1.10. The maximum Gasteiger partial charge on any atom is 0.422 e. The Labute approximate surface area is 176 Å². The Balaban J connectivity index is 1.81. The lowest BCUT2D eigenvalue weighted by Crippen LogP contribution is -2.37. The second-order valence-electron chi connectivity index (χ2n) is 7.14. The molecule has 0 bridgehead atoms. The second kappa shape index (κ2) is 9.57. The topological polar surface area (TPSA) is 94.2 Å². The van der Waals surface area contributed by atoms with Gasteiger partial charge in [-0.25, -0.2) is 10.8 Å². The number of hydrogen-bond acceptors (Lipinski definition) is 6. The zero-order valence-electron chi connectivity index (χ0n) is 16.0. The summed E-state index contributed by atoms with van der Waals surface area (Å²) in [6, 6.07) is 4.64. The number of alkyl halides is 3. The molecule has 30 heavy (non-hydrogen) atoms. The summed E-state index contributed by atoms with van der Waals surface area (Å²) in [4.78, 5) is 16.8. The third-order valence-corrected chi connectivity index (χ3v) is 5.03. The van der Waals surface area contributed by atoms with Gasteiger partial charge < -0.3 is 4.74 Å². The highest BCUT2D eigenvalue weighted by molar-refractivity contribution is 6.29. The molecule has 162 valence electrons. The molecular formula is C19H21ClF3N5O2. The van der Waals surface area contributed by atoms with E-state index in [1.165, 1.54) is 18.3 Å². The fourth-order valence-corrected chi connectivity index (χ4v) is 3.50. The van der Waals surface area contributed by atoms with Crippen molar-refractivity contribution in [1.82, 2.24) is 20.2 Å². The third-order valence-electron chi connectivity index (χ3n) is 4.82. The Morgan fingerprint density at radius 3 is 2.60 bits per heavy atom. The van der Waals surface area contributed by atoms with E-state index in [-0.39, 0.29) is 29.1 Å². The largest absolute Gasteiger partial charge is 0.468 e. The van der Waals surface area contributed by atoms with Crippen molar-refractivity contribution in [3.63, 3.8) is 0 Å². The van der Waals surface area contributed by atoms with Gasteiger partial charge in [0.15, 0.2) is 11.8 Å². The fraction of sp³-hybridized carbons (Fsp3) is 0.474. The van der Waals surface area contributed by atoms with E-state index in [1.807, 2.05) is 0 Å². The number of halogens is 4. The van der Waals surface area contributed by atoms with Gasteiger partial charge in [-0.3, -0.25) is 9.80 Å². The summed E-state index contributed by atoms with van der Waals surface area (Å²) in [7, 11) is 0. The monoisotopic (exact) mass is 443 g/mol. The molecule has 0 radical (unpaired) electrons. The molecule has 3 rings (SSSR count). The first-order chi connectivity index (χ1) is 14.2. The number of aromatic nitrogens is 3. The first-order valence-electron chi connectivity index (χ1n) is 9.47. The predicted molar refractivity (Wildman–Crippen MR) is 103 cm³/mol. The third kappa shape index (κ3) is 6.02. The van der Waals surface area contributed by atoms with Crippen LogP contribution >= 0.6 is 11.6 Å². The molecule has 1 fully saturated rings. The molecule has 0 atom stereocenters. The summed E-state index contributed by atoms with van der Waals surface area (Å²) < 4.78 is 42.8. The lowest BCUT2D eigenvalue weighted by atomic mass is 9.84. The number of nitrogens with zero attached hydrogens (tertiary/aromatic N) is 4. The maximum atomic E-state index is 12.7. The van der Waals surface area contributed by atoms with Crippen LogP contribution in [0.25, 0.3) is 0 Å². The SMILES string of the molecule is NN(Cc1ccc(Cl)nn1)C(=O)c1cnc(OCC(F)(F)F)c(C2CCCCC2)c1. The van der Waals surface area contributed by atoms with Gasteiger partial charge in [0.1, 0.15) is 0 Å². The van der Waals surface area contributed by atoms with Gasteiger partial charge in [-0.15, -0.1) is 5.10 Å². The predicted octanol–water partition coefficient (Wildman–Crippen LogP) is 4.03. The van der Waals surface area contributed by atoms with E-state index in [1.54, 1.807) is 6.07 Å². The quantitative estimate of drug-likeness (QED) is 0.411. The van der Waals surface area contributed by atoms with E-state index in [0.717, 1.165) is 37.1 Å². The van der Waals surface area contributed by atoms with Crippen LogP contribution in [-0.2, 0) is 6.54 Å². The molecule has 1 amide bonds. The van der Waals surface area contributed by atoms with Crippen molar-refractivity contribution in [3.8, 4) is 5.88 Å². The fourth-order valence-electron chi connectivity index (χ4n) is 3.40. The van der Waals surface area contributed by atoms with Gasteiger partial charge in [0.05, 0.1) is 17.8 Å². The van der Waals surface area contributed by atoms with Crippen LogP contribution in [0.5, 0.6) is 5.88 Å². The Bertz CT molecular complexity index is 873. The van der Waals surface area contributed by atoms with Gasteiger partial charge in [0.2, 0.25) is 5.88 Å². The Kier molecular flexibility index (Phi) is 7.09. The second-order valence-corrected chi connectivity index (χ2v) is 7.52. The normalized spacial score (nSPS) is 15.1. The van der Waals surface area contributed by atoms with E-state index >= 15 is 0 Å². The number of carbonyl (C=O) groups is 1. The summed E-state index contributed by atoms with van der Waals surface area (Å²) in [6.45, 7) is -1.46. The van der Waals surface area contributed by atoms with Crippen LogP contribution in [0.3, 0.4) is 0 Å². The van der Waals surface area contributed by atoms with Crippen LogP contribution in [0.2, 0.25) is 5.15 Å². The van der Waals surface area contributed by atoms with Gasteiger partial charge in [0, 0.05) is 11.8 Å². The zero-order chi connectivity index (χ0) is 21.7. The number of ether oxygens (including phenoxy) is 1. The van der Waals surface area contributed by atoms with Gasteiger partial charge in [-0.2, -0.15) is 18.3 Å². The molecular weight excluding hydrogens is 423 g/mol. The highest BCUT2D eigenvalue weighted by Gasteiger charge is 2.30. The van der Waals surface area contributed by atoms with Crippen molar-refractivity contribution >= 4 is 17.5 Å². The molecule has 0 unspecified atom stereocenters. The Morgan fingerprint density at radius 1 is 1.23 bits per heavy atom. The van der Waals surface area contributed by atoms with Gasteiger partial charge in [-0.1, -0.05) is 30.9 Å². The smallest absolute Gasteiger partial charge is 0.422 e. The van der Waals surface area contributed by atoms with Crippen molar-refractivity contribution in [2.24, 2.45) is 5.84 Å². The number of hydrogen-bond donors (Lipinski definition) is 1. The number of carbonyl (C=O) groups excluding carboxylic acids is 1. The summed E-state index contributed by atoms with van der Waals surface area (Å²) >= 11 is 5.69. The van der Waals surface area contributed by atoms with Crippen LogP contribution in [0, 0.1) is 0 Å². The van der Waals surface area contributed by atoms with Gasteiger partial charge >= 0.3 is 6.18 Å². The molecule has 0 aromatic carbocycles. The molecule has 11 heteroatoms. The highest BCUT2D eigenvalue weighted by Crippen LogP contribution is 2.37. The van der Waals surface area contributed by atoms with Crippen LogP contribution in [0.15, 0.2) is 24.4 Å². The van der Waals surface area contributed by atoms with E-state index in [9.17, 15) is 18.0 Å². The number of hydrazine groups is 1. The van der Waals surface area contributed by atoms with Gasteiger partial charge in [-0.05, 0) is 37.0 Å². The molecule has 2 aromatic rings. The first-order valence-corrected chi connectivity index (χ1v) is 9.85. The summed E-state index contributed by atoms with van der Waals surface area (Å²) in [6.07, 6.45) is 1.28. The van der Waals surface area contributed by atoms with Crippen molar-refractivity contribution in [1.29, 1.82) is 0 Å². The molecule has 0 saturated heterocycles. The summed E-state index contributed by atoms with van der Waals surface area (Å²) in [5.74, 6) is 5.22. The van der Waals surface area contributed by atoms with E-state index in [4.69, 9.17) is 22.2 Å². The number of rotatable bonds is 6. The summed E-state index contributed by atoms with van der Waals surface area (Å²) in [5, 5.41) is 8.69. The zero-order valence-corrected chi connectivity index (χ0v) is 16.8. The van der Waals surface area contributed by atoms with E-state index in [0.29, 0.717) is 11.3 Å². The molecule has 1 aliphatic rings. The number of nitrogens with two attached hydrogens (primary N) is 1. The molecule has 2 heterocycles. The van der Waals surface area contributed by atoms with Crippen molar-refractivity contribution in [3.05, 3.63) is 46.4 Å². The minimum atomic E-state index is -4.48. The molecule has 0 aliphatic heterocycles. The lowest BCUT2D eigenvalue weighted by molar-refractivity contribution is -0.154. The van der Waals surface area contributed by atoms with Crippen molar-refractivity contribution < 1.29 is 22.7 Å². The van der Waals surface area contributed by atoms with Crippen LogP contribution < -0.4 is 10.6 Å². The number of amides is 1. The van der Waals surface area contributed by atoms with E-state index < -0.39 is 18.7 Å². The minimum absolute atomic E-state index is 0.0180. The van der Waals surface area contributed by atoms with E-state index in [2.05, 4.69) is 15.2 Å². The first kappa shape index (κ1) is 22.2. The Morgan fingerprint density at radius 2 is 1.97 bits per heavy atom. The van der Waals surface area contributed by atoms with Crippen LogP contribution in [-0.4, -0.2) is 38.9 Å². The molecule has 0 spiro atoms.